The lowest BCUT2D eigenvalue weighted by atomic mass is 10.1. The Balaban J connectivity index is 3.16. The lowest BCUT2D eigenvalue weighted by molar-refractivity contribution is -0.385. The first-order valence-electron chi connectivity index (χ1n) is 4.84. The molecule has 0 amide bonds. The second-order valence-corrected chi connectivity index (χ2v) is 3.61. The Morgan fingerprint density at radius 3 is 2.76 bits per heavy atom. The molecular weight excluding hydrogens is 248 g/mol. The molecular formula is C10H11ClN2O4. The minimum absolute atomic E-state index is 0.0523. The molecule has 0 aliphatic carbocycles. The fraction of sp³-hybridized carbons (Fsp3) is 0.300. The lowest BCUT2D eigenvalue weighted by Crippen LogP contribution is -2.11. The molecule has 0 spiro atoms. The van der Waals surface area contributed by atoms with Gasteiger partial charge in [-0.2, -0.15) is 0 Å². The number of ether oxygens (including phenoxy) is 1. The van der Waals surface area contributed by atoms with E-state index in [0.29, 0.717) is 0 Å². The fourth-order valence-corrected chi connectivity index (χ4v) is 1.61. The smallest absolute Gasteiger partial charge is 0.310 e. The zero-order valence-electron chi connectivity index (χ0n) is 9.10. The Labute approximate surface area is 102 Å². The standard InChI is InChI=1S/C10H11ClN2O4/c1-2-17-9(14)5-6-8(12)4-3-7(11)10(6)13(15)16/h3-4H,2,5,12H2,1H3. The summed E-state index contributed by atoms with van der Waals surface area (Å²) in [5.74, 6) is -0.579. The number of rotatable bonds is 4. The molecule has 92 valence electrons. The summed E-state index contributed by atoms with van der Waals surface area (Å²) in [6, 6.07) is 2.74. The summed E-state index contributed by atoms with van der Waals surface area (Å²) in [6.45, 7) is 1.85. The summed E-state index contributed by atoms with van der Waals surface area (Å²) >= 11 is 5.71. The maximum atomic E-state index is 11.3. The van der Waals surface area contributed by atoms with Crippen LogP contribution in [0.4, 0.5) is 11.4 Å². The minimum Gasteiger partial charge on any atom is -0.466 e. The molecule has 7 heteroatoms. The van der Waals surface area contributed by atoms with Gasteiger partial charge in [-0.3, -0.25) is 14.9 Å². The molecule has 1 rings (SSSR count). The van der Waals surface area contributed by atoms with Crippen LogP contribution in [0.3, 0.4) is 0 Å². The molecule has 0 unspecified atom stereocenters. The Morgan fingerprint density at radius 1 is 1.59 bits per heavy atom. The van der Waals surface area contributed by atoms with Gasteiger partial charge in [0.1, 0.15) is 5.02 Å². The van der Waals surface area contributed by atoms with Crippen LogP contribution in [0.1, 0.15) is 12.5 Å². The van der Waals surface area contributed by atoms with Gasteiger partial charge in [0, 0.05) is 5.69 Å². The van der Waals surface area contributed by atoms with Crippen LogP contribution < -0.4 is 5.73 Å². The van der Waals surface area contributed by atoms with Gasteiger partial charge in [0.15, 0.2) is 0 Å². The maximum Gasteiger partial charge on any atom is 0.310 e. The zero-order valence-corrected chi connectivity index (χ0v) is 9.86. The SMILES string of the molecule is CCOC(=O)Cc1c(N)ccc(Cl)c1[N+](=O)[O-]. The van der Waals surface area contributed by atoms with Gasteiger partial charge in [-0.1, -0.05) is 11.6 Å². The van der Waals surface area contributed by atoms with Crippen molar-refractivity contribution in [2.24, 2.45) is 0 Å². The highest BCUT2D eigenvalue weighted by molar-refractivity contribution is 6.33. The first-order valence-corrected chi connectivity index (χ1v) is 5.22. The molecule has 0 aromatic heterocycles. The molecule has 6 nitrogen and oxygen atoms in total. The van der Waals surface area contributed by atoms with E-state index in [0.717, 1.165) is 0 Å². The number of benzene rings is 1. The molecule has 1 aromatic rings. The average Bonchev–Trinajstić information content (AvgIpc) is 2.23. The number of nitrogens with two attached hydrogens (primary N) is 1. The predicted octanol–water partition coefficient (Wildman–Crippen LogP) is 1.94. The molecule has 1 aromatic carbocycles. The van der Waals surface area contributed by atoms with E-state index in [9.17, 15) is 14.9 Å². The maximum absolute atomic E-state index is 11.3. The van der Waals surface area contributed by atoms with Crippen LogP contribution in [0.15, 0.2) is 12.1 Å². The highest BCUT2D eigenvalue weighted by Gasteiger charge is 2.23. The van der Waals surface area contributed by atoms with Gasteiger partial charge < -0.3 is 10.5 Å². The fourth-order valence-electron chi connectivity index (χ4n) is 1.36. The molecule has 0 radical (unpaired) electrons. The summed E-state index contributed by atoms with van der Waals surface area (Å²) in [6.07, 6.45) is -0.267. The molecule has 0 aliphatic rings. The van der Waals surface area contributed by atoms with Crippen molar-refractivity contribution in [3.63, 3.8) is 0 Å². The van der Waals surface area contributed by atoms with Crippen LogP contribution in [0.2, 0.25) is 5.02 Å². The van der Waals surface area contributed by atoms with E-state index in [1.807, 2.05) is 0 Å². The predicted molar refractivity (Wildman–Crippen MR) is 62.9 cm³/mol. The number of carbonyl (C=O) groups excluding carboxylic acids is 1. The van der Waals surface area contributed by atoms with Crippen molar-refractivity contribution in [1.29, 1.82) is 0 Å². The highest BCUT2D eigenvalue weighted by Crippen LogP contribution is 2.32. The monoisotopic (exact) mass is 258 g/mol. The van der Waals surface area contributed by atoms with Crippen molar-refractivity contribution in [2.75, 3.05) is 12.3 Å². The van der Waals surface area contributed by atoms with Crippen LogP contribution in [0, 0.1) is 10.1 Å². The third-order valence-electron chi connectivity index (χ3n) is 2.08. The number of esters is 1. The van der Waals surface area contributed by atoms with E-state index < -0.39 is 10.9 Å². The molecule has 0 aliphatic heterocycles. The Hall–Kier alpha value is -1.82. The average molecular weight is 259 g/mol. The van der Waals surface area contributed by atoms with Gasteiger partial charge in [0.2, 0.25) is 0 Å². The summed E-state index contributed by atoms with van der Waals surface area (Å²) in [5, 5.41) is 10.8. The Kier molecular flexibility index (Phi) is 4.28. The molecule has 0 saturated carbocycles. The van der Waals surface area contributed by atoms with E-state index in [-0.39, 0.29) is 35.0 Å². The van der Waals surface area contributed by atoms with Crippen LogP contribution in [-0.2, 0) is 16.0 Å². The first kappa shape index (κ1) is 13.2. The van der Waals surface area contributed by atoms with Gasteiger partial charge in [-0.25, -0.2) is 0 Å². The number of nitrogens with zero attached hydrogens (tertiary/aromatic N) is 1. The summed E-state index contributed by atoms with van der Waals surface area (Å²) in [4.78, 5) is 21.5. The van der Waals surface area contributed by atoms with Crippen LogP contribution >= 0.6 is 11.6 Å². The first-order chi connectivity index (χ1) is 7.97. The van der Waals surface area contributed by atoms with Crippen LogP contribution in [0.5, 0.6) is 0 Å². The Bertz CT molecular complexity index is 462. The van der Waals surface area contributed by atoms with Crippen LogP contribution in [-0.4, -0.2) is 17.5 Å². The summed E-state index contributed by atoms with van der Waals surface area (Å²) in [7, 11) is 0. The van der Waals surface area contributed by atoms with Gasteiger partial charge >= 0.3 is 5.97 Å². The number of anilines is 1. The van der Waals surface area contributed by atoms with Gasteiger partial charge in [0.25, 0.3) is 5.69 Å². The number of carbonyl (C=O) groups is 1. The lowest BCUT2D eigenvalue weighted by Gasteiger charge is -2.07. The van der Waals surface area contributed by atoms with Gasteiger partial charge in [-0.15, -0.1) is 0 Å². The highest BCUT2D eigenvalue weighted by atomic mass is 35.5. The number of nitro groups is 1. The number of halogens is 1. The van der Waals surface area contributed by atoms with Crippen LogP contribution in [0.25, 0.3) is 0 Å². The Morgan fingerprint density at radius 2 is 2.24 bits per heavy atom. The summed E-state index contributed by atoms with van der Waals surface area (Å²) < 4.78 is 4.72. The van der Waals surface area contributed by atoms with Gasteiger partial charge in [0.05, 0.1) is 23.5 Å². The van der Waals surface area contributed by atoms with Gasteiger partial charge in [-0.05, 0) is 19.1 Å². The van der Waals surface area contributed by atoms with Crippen molar-refractivity contribution in [1.82, 2.24) is 0 Å². The topological polar surface area (TPSA) is 95.5 Å². The van der Waals surface area contributed by atoms with Crippen molar-refractivity contribution in [2.45, 2.75) is 13.3 Å². The molecule has 0 atom stereocenters. The molecule has 0 bridgehead atoms. The third kappa shape index (κ3) is 3.07. The van der Waals surface area contributed by atoms with E-state index in [2.05, 4.69) is 0 Å². The quantitative estimate of drug-likeness (QED) is 0.385. The number of nitro benzene ring substituents is 1. The normalized spacial score (nSPS) is 10.0. The molecule has 0 saturated heterocycles. The number of hydrogen-bond donors (Lipinski definition) is 1. The number of hydrogen-bond acceptors (Lipinski definition) is 5. The van der Waals surface area contributed by atoms with E-state index in [1.165, 1.54) is 12.1 Å². The van der Waals surface area contributed by atoms with Crippen molar-refractivity contribution >= 4 is 28.9 Å². The zero-order chi connectivity index (χ0) is 13.0. The minimum atomic E-state index is -0.659. The number of nitrogen functional groups attached to an aromatic ring is 1. The van der Waals surface area contributed by atoms with E-state index >= 15 is 0 Å². The molecule has 0 heterocycles. The van der Waals surface area contributed by atoms with Crippen molar-refractivity contribution in [3.8, 4) is 0 Å². The molecule has 0 fully saturated rings. The van der Waals surface area contributed by atoms with E-state index in [4.69, 9.17) is 22.1 Å². The van der Waals surface area contributed by atoms with E-state index in [1.54, 1.807) is 6.92 Å². The molecule has 2 N–H and O–H groups in total. The third-order valence-corrected chi connectivity index (χ3v) is 2.38. The second-order valence-electron chi connectivity index (χ2n) is 3.20. The van der Waals surface area contributed by atoms with Crippen molar-refractivity contribution in [3.05, 3.63) is 32.8 Å². The largest absolute Gasteiger partial charge is 0.466 e. The second kappa shape index (κ2) is 5.49. The summed E-state index contributed by atoms with van der Waals surface area (Å²) in [5.41, 5.74) is 5.49. The van der Waals surface area contributed by atoms with Crippen molar-refractivity contribution < 1.29 is 14.5 Å². The molecule has 17 heavy (non-hydrogen) atoms.